The molecule has 0 aliphatic carbocycles. The van der Waals surface area contributed by atoms with Crippen LogP contribution >= 0.6 is 0 Å². The molecule has 0 unspecified atom stereocenters. The van der Waals surface area contributed by atoms with E-state index in [0.717, 1.165) is 18.8 Å². The average Bonchev–Trinajstić information content (AvgIpc) is 2.80. The highest BCUT2D eigenvalue weighted by molar-refractivity contribution is 6.13. The van der Waals surface area contributed by atoms with Crippen LogP contribution in [0.4, 0.5) is 27.1 Å². The Kier molecular flexibility index (Phi) is 5.80. The van der Waals surface area contributed by atoms with Crippen molar-refractivity contribution in [2.24, 2.45) is 10.7 Å². The zero-order valence-corrected chi connectivity index (χ0v) is 17.9. The largest absolute Gasteiger partial charge is 0.404 e. The molecule has 0 spiro atoms. The molecule has 1 saturated heterocycles. The minimum atomic E-state index is -0.397. The Labute approximate surface area is 183 Å². The number of rotatable bonds is 4. The van der Waals surface area contributed by atoms with Gasteiger partial charge in [0.2, 0.25) is 0 Å². The van der Waals surface area contributed by atoms with Crippen molar-refractivity contribution < 1.29 is 4.39 Å². The number of likely N-dealkylation sites (N-methyl/N-ethyl adjacent to an activating group) is 1. The Hall–Kier alpha value is -3.54. The average molecular weight is 418 g/mol. The summed E-state index contributed by atoms with van der Waals surface area (Å²) in [7, 11) is 1.78. The maximum Gasteiger partial charge on any atom is 0.156 e. The van der Waals surface area contributed by atoms with E-state index in [1.54, 1.807) is 24.1 Å². The molecule has 0 radical (unpaired) electrons. The first-order valence-electron chi connectivity index (χ1n) is 10.5. The lowest BCUT2D eigenvalue weighted by molar-refractivity contribution is 0.578. The van der Waals surface area contributed by atoms with Gasteiger partial charge in [0.25, 0.3) is 0 Å². The summed E-state index contributed by atoms with van der Waals surface area (Å²) in [5, 5.41) is 3.33. The molecule has 0 aromatic heterocycles. The number of fused-ring (bicyclic) bond motifs is 1. The number of halogens is 1. The van der Waals surface area contributed by atoms with Crippen LogP contribution in [0.5, 0.6) is 0 Å². The Morgan fingerprint density at radius 2 is 1.84 bits per heavy atom. The van der Waals surface area contributed by atoms with Gasteiger partial charge in [0.05, 0.1) is 11.4 Å². The van der Waals surface area contributed by atoms with Gasteiger partial charge in [0, 0.05) is 43.3 Å². The first kappa shape index (κ1) is 20.7. The molecular weight excluding hydrogens is 389 g/mol. The number of piperidine rings is 1. The van der Waals surface area contributed by atoms with Crippen LogP contribution in [0.15, 0.2) is 72.5 Å². The summed E-state index contributed by atoms with van der Waals surface area (Å²) in [6.45, 7) is 10.0. The summed E-state index contributed by atoms with van der Waals surface area (Å²) in [5.41, 5.74) is 10.2. The number of amidine groups is 1. The lowest BCUT2D eigenvalue weighted by Gasteiger charge is -2.30. The Morgan fingerprint density at radius 3 is 2.48 bits per heavy atom. The van der Waals surface area contributed by atoms with Gasteiger partial charge in [-0.15, -0.1) is 0 Å². The molecule has 0 bridgehead atoms. The molecule has 2 heterocycles. The minimum absolute atomic E-state index is 0.370. The molecule has 0 atom stereocenters. The van der Waals surface area contributed by atoms with Crippen molar-refractivity contribution in [1.82, 2.24) is 0 Å². The van der Waals surface area contributed by atoms with Crippen LogP contribution in [0.1, 0.15) is 24.8 Å². The SMILES string of the molecule is C=C/C(=C\N)c1ccc2c(c1F)N(C)C(=C)C(Nc1ccc(N3CCCCC3)cc1)=N2. The number of anilines is 3. The van der Waals surface area contributed by atoms with Crippen LogP contribution in [0.25, 0.3) is 5.57 Å². The molecule has 5 nitrogen and oxygen atoms in total. The van der Waals surface area contributed by atoms with Crippen LogP contribution in [0.2, 0.25) is 0 Å². The molecule has 4 rings (SSSR count). The van der Waals surface area contributed by atoms with E-state index in [1.165, 1.54) is 37.2 Å². The van der Waals surface area contributed by atoms with E-state index in [1.807, 2.05) is 12.1 Å². The van der Waals surface area contributed by atoms with E-state index in [2.05, 4.69) is 40.5 Å². The van der Waals surface area contributed by atoms with Crippen molar-refractivity contribution in [3.63, 3.8) is 0 Å². The van der Waals surface area contributed by atoms with E-state index >= 15 is 4.39 Å². The molecule has 2 aromatic rings. The third-order valence-corrected chi connectivity index (χ3v) is 5.90. The predicted octanol–water partition coefficient (Wildman–Crippen LogP) is 5.41. The fourth-order valence-corrected chi connectivity index (χ4v) is 4.08. The van der Waals surface area contributed by atoms with Crippen molar-refractivity contribution in [2.75, 3.05) is 35.3 Å². The predicted molar refractivity (Wildman–Crippen MR) is 130 cm³/mol. The lowest BCUT2D eigenvalue weighted by Crippen LogP contribution is -2.31. The van der Waals surface area contributed by atoms with Crippen LogP contribution < -0.4 is 20.9 Å². The van der Waals surface area contributed by atoms with E-state index in [-0.39, 0.29) is 0 Å². The number of hydrogen-bond donors (Lipinski definition) is 2. The maximum absolute atomic E-state index is 15.3. The van der Waals surface area contributed by atoms with Gasteiger partial charge in [0.15, 0.2) is 11.7 Å². The third-order valence-electron chi connectivity index (χ3n) is 5.90. The standard InChI is InChI=1S/C25H28FN5/c1-4-18(16-27)21-12-13-22-24(23(21)26)30(3)17(2)25(29-22)28-19-8-10-20(11-9-19)31-14-6-5-7-15-31/h4,8-13,16H,1-2,5-7,14-15,27H2,3H3,(H,28,29)/b18-16+. The summed E-state index contributed by atoms with van der Waals surface area (Å²) in [4.78, 5) is 8.76. The Balaban J connectivity index is 1.60. The highest BCUT2D eigenvalue weighted by Gasteiger charge is 2.26. The Bertz CT molecular complexity index is 1060. The van der Waals surface area contributed by atoms with Gasteiger partial charge >= 0.3 is 0 Å². The van der Waals surface area contributed by atoms with Crippen molar-refractivity contribution in [1.29, 1.82) is 0 Å². The number of hydrogen-bond acceptors (Lipinski definition) is 5. The first-order chi connectivity index (χ1) is 15.0. The molecular formula is C25H28FN5. The molecule has 0 saturated carbocycles. The van der Waals surface area contributed by atoms with Gasteiger partial charge in [-0.25, -0.2) is 9.38 Å². The smallest absolute Gasteiger partial charge is 0.156 e. The zero-order chi connectivity index (χ0) is 22.0. The zero-order valence-electron chi connectivity index (χ0n) is 17.9. The van der Waals surface area contributed by atoms with Gasteiger partial charge in [-0.2, -0.15) is 0 Å². The van der Waals surface area contributed by atoms with Crippen molar-refractivity contribution in [3.8, 4) is 0 Å². The molecule has 6 heteroatoms. The highest BCUT2D eigenvalue weighted by atomic mass is 19.1. The number of allylic oxidation sites excluding steroid dienone is 2. The fourth-order valence-electron chi connectivity index (χ4n) is 4.08. The monoisotopic (exact) mass is 417 g/mol. The third kappa shape index (κ3) is 3.93. The summed E-state index contributed by atoms with van der Waals surface area (Å²) in [6, 6.07) is 11.8. The summed E-state index contributed by atoms with van der Waals surface area (Å²) < 4.78 is 15.3. The second-order valence-electron chi connectivity index (χ2n) is 7.81. The highest BCUT2D eigenvalue weighted by Crippen LogP contribution is 2.40. The van der Waals surface area contributed by atoms with E-state index in [9.17, 15) is 0 Å². The van der Waals surface area contributed by atoms with Gasteiger partial charge in [-0.05, 0) is 61.2 Å². The Morgan fingerprint density at radius 1 is 1.13 bits per heavy atom. The van der Waals surface area contributed by atoms with E-state index < -0.39 is 5.82 Å². The number of aliphatic imine (C=N–C) groups is 1. The summed E-state index contributed by atoms with van der Waals surface area (Å²) >= 11 is 0. The number of nitrogens with two attached hydrogens (primary N) is 1. The quantitative estimate of drug-likeness (QED) is 0.654. The van der Waals surface area contributed by atoms with Crippen molar-refractivity contribution in [2.45, 2.75) is 19.3 Å². The summed E-state index contributed by atoms with van der Waals surface area (Å²) in [6.07, 6.45) is 6.68. The first-order valence-corrected chi connectivity index (χ1v) is 10.5. The van der Waals surface area contributed by atoms with Gasteiger partial charge in [0.1, 0.15) is 5.69 Å². The molecule has 3 N–H and O–H groups in total. The molecule has 160 valence electrons. The van der Waals surface area contributed by atoms with Crippen LogP contribution in [-0.4, -0.2) is 26.0 Å². The maximum atomic E-state index is 15.3. The van der Waals surface area contributed by atoms with E-state index in [4.69, 9.17) is 5.73 Å². The summed E-state index contributed by atoms with van der Waals surface area (Å²) in [5.74, 6) is 0.192. The molecule has 31 heavy (non-hydrogen) atoms. The molecule has 1 fully saturated rings. The number of nitrogens with zero attached hydrogens (tertiary/aromatic N) is 3. The van der Waals surface area contributed by atoms with Crippen LogP contribution in [-0.2, 0) is 0 Å². The fraction of sp³-hybridized carbons (Fsp3) is 0.240. The molecule has 2 aliphatic rings. The van der Waals surface area contributed by atoms with Crippen molar-refractivity contribution in [3.05, 3.63) is 78.9 Å². The normalized spacial score (nSPS) is 16.6. The van der Waals surface area contributed by atoms with Crippen LogP contribution in [0, 0.1) is 5.82 Å². The minimum Gasteiger partial charge on any atom is -0.404 e. The van der Waals surface area contributed by atoms with Gasteiger partial charge in [-0.1, -0.05) is 19.2 Å². The molecule has 2 aliphatic heterocycles. The van der Waals surface area contributed by atoms with Crippen LogP contribution in [0.3, 0.4) is 0 Å². The van der Waals surface area contributed by atoms with Gasteiger partial charge in [-0.3, -0.25) is 0 Å². The second-order valence-corrected chi connectivity index (χ2v) is 7.81. The lowest BCUT2D eigenvalue weighted by atomic mass is 10.0. The number of benzene rings is 2. The van der Waals surface area contributed by atoms with Gasteiger partial charge < -0.3 is 20.9 Å². The molecule has 0 amide bonds. The van der Waals surface area contributed by atoms with Crippen molar-refractivity contribution >= 4 is 34.2 Å². The number of nitrogens with one attached hydrogen (secondary N) is 1. The second kappa shape index (κ2) is 8.68. The molecule has 2 aromatic carbocycles. The van der Waals surface area contributed by atoms with E-state index in [0.29, 0.717) is 34.0 Å². The topological polar surface area (TPSA) is 56.9 Å².